The van der Waals surface area contributed by atoms with Gasteiger partial charge in [0.25, 0.3) is 0 Å². The summed E-state index contributed by atoms with van der Waals surface area (Å²) in [6.07, 6.45) is 1.51. The molecule has 2 aromatic rings. The van der Waals surface area contributed by atoms with Crippen molar-refractivity contribution in [2.24, 2.45) is 15.9 Å². The van der Waals surface area contributed by atoms with Crippen molar-refractivity contribution in [1.82, 2.24) is 0 Å². The molecule has 120 valence electrons. The first-order valence-electron chi connectivity index (χ1n) is 7.77. The van der Waals surface area contributed by atoms with Gasteiger partial charge in [0, 0.05) is 18.6 Å². The Kier molecular flexibility index (Phi) is 4.41. The summed E-state index contributed by atoms with van der Waals surface area (Å²) in [6.45, 7) is 2.97. The molecule has 0 aromatic heterocycles. The maximum Gasteiger partial charge on any atom is 0.158 e. The third-order valence-corrected chi connectivity index (χ3v) is 4.18. The summed E-state index contributed by atoms with van der Waals surface area (Å²) in [5.74, 6) is 0.0906. The van der Waals surface area contributed by atoms with Gasteiger partial charge in [0.15, 0.2) is 5.84 Å². The molecule has 2 aromatic carbocycles. The van der Waals surface area contributed by atoms with Gasteiger partial charge in [-0.25, -0.2) is 0 Å². The molecule has 1 saturated heterocycles. The molecule has 0 radical (unpaired) electrons. The van der Waals surface area contributed by atoms with Crippen molar-refractivity contribution >= 4 is 22.3 Å². The maximum absolute atomic E-state index is 10.9. The van der Waals surface area contributed by atoms with Crippen molar-refractivity contribution in [1.29, 1.82) is 0 Å². The van der Waals surface area contributed by atoms with Gasteiger partial charge < -0.3 is 15.6 Å². The van der Waals surface area contributed by atoms with Crippen molar-refractivity contribution in [3.05, 3.63) is 48.0 Å². The van der Waals surface area contributed by atoms with Crippen LogP contribution in [0, 0.1) is 0 Å². The quantitative estimate of drug-likeness (QED) is 0.519. The normalized spacial score (nSPS) is 18.7. The fraction of sp³-hybridized carbons (Fsp3) is 0.333. The minimum atomic E-state index is -1.38. The zero-order chi connectivity index (χ0) is 16.3. The van der Waals surface area contributed by atoms with Crippen LogP contribution in [0.4, 0.5) is 0 Å². The minimum absolute atomic E-state index is 0.0906. The Balaban J connectivity index is 1.95. The monoisotopic (exact) mass is 311 g/mol. The molecule has 1 unspecified atom stereocenters. The lowest BCUT2D eigenvalue weighted by Gasteiger charge is -2.24. The third-order valence-electron chi connectivity index (χ3n) is 4.18. The van der Waals surface area contributed by atoms with Crippen molar-refractivity contribution in [2.45, 2.75) is 25.4 Å². The highest BCUT2D eigenvalue weighted by Crippen LogP contribution is 2.29. The lowest BCUT2D eigenvalue weighted by Crippen LogP contribution is -2.38. The van der Waals surface area contributed by atoms with Crippen LogP contribution in [0.2, 0.25) is 0 Å². The Hall–Kier alpha value is -2.24. The smallest absolute Gasteiger partial charge is 0.158 e. The molecule has 5 nitrogen and oxygen atoms in total. The molecule has 1 aliphatic rings. The van der Waals surface area contributed by atoms with Gasteiger partial charge in [-0.15, -0.1) is 5.10 Å². The van der Waals surface area contributed by atoms with Crippen LogP contribution in [0.25, 0.3) is 10.8 Å². The number of benzene rings is 2. The molecule has 0 amide bonds. The Morgan fingerprint density at radius 1 is 1.13 bits per heavy atom. The predicted molar refractivity (Wildman–Crippen MR) is 92.6 cm³/mol. The van der Waals surface area contributed by atoms with Crippen LogP contribution in [-0.2, 0) is 10.3 Å². The molecule has 3 N–H and O–H groups in total. The number of hydrogen-bond acceptors (Lipinski definition) is 4. The maximum atomic E-state index is 10.9. The Labute approximate surface area is 135 Å². The van der Waals surface area contributed by atoms with Crippen LogP contribution in [0.3, 0.4) is 0 Å². The number of fused-ring (bicyclic) bond motifs is 1. The van der Waals surface area contributed by atoms with E-state index in [0.29, 0.717) is 13.2 Å². The molecule has 3 rings (SSSR count). The largest absolute Gasteiger partial charge is 0.383 e. The molecule has 1 fully saturated rings. The van der Waals surface area contributed by atoms with E-state index in [1.807, 2.05) is 42.5 Å². The fourth-order valence-corrected chi connectivity index (χ4v) is 2.72. The van der Waals surface area contributed by atoms with Gasteiger partial charge >= 0.3 is 0 Å². The van der Waals surface area contributed by atoms with E-state index in [2.05, 4.69) is 10.2 Å². The molecular weight excluding hydrogens is 290 g/mol. The van der Waals surface area contributed by atoms with Crippen molar-refractivity contribution < 1.29 is 9.84 Å². The van der Waals surface area contributed by atoms with Gasteiger partial charge in [-0.05, 0) is 23.3 Å². The number of amidine groups is 1. The average Bonchev–Trinajstić information content (AvgIpc) is 2.60. The number of nitrogens with zero attached hydrogens (tertiary/aromatic N) is 2. The SMILES string of the molecule is CC(O)(/C(N)=N/N=C1CCOCC1)c1cccc2ccccc12. The van der Waals surface area contributed by atoms with Gasteiger partial charge in [0.1, 0.15) is 5.60 Å². The molecule has 0 bridgehead atoms. The van der Waals surface area contributed by atoms with Gasteiger partial charge in [0.05, 0.1) is 13.2 Å². The van der Waals surface area contributed by atoms with E-state index >= 15 is 0 Å². The highest BCUT2D eigenvalue weighted by molar-refractivity contribution is 5.96. The zero-order valence-corrected chi connectivity index (χ0v) is 13.2. The summed E-state index contributed by atoms with van der Waals surface area (Å²) in [7, 11) is 0. The lowest BCUT2D eigenvalue weighted by molar-refractivity contribution is 0.132. The molecule has 5 heteroatoms. The highest BCUT2D eigenvalue weighted by atomic mass is 16.5. The van der Waals surface area contributed by atoms with Crippen LogP contribution in [0.5, 0.6) is 0 Å². The minimum Gasteiger partial charge on any atom is -0.383 e. The number of hydrogen-bond donors (Lipinski definition) is 2. The Bertz CT molecular complexity index is 752. The second-order valence-electron chi connectivity index (χ2n) is 5.86. The van der Waals surface area contributed by atoms with E-state index in [-0.39, 0.29) is 5.84 Å². The van der Waals surface area contributed by atoms with E-state index in [0.717, 1.165) is 34.9 Å². The molecular formula is C18H21N3O2. The van der Waals surface area contributed by atoms with E-state index in [4.69, 9.17) is 10.5 Å². The number of ether oxygens (including phenoxy) is 1. The third kappa shape index (κ3) is 3.25. The topological polar surface area (TPSA) is 80.2 Å². The highest BCUT2D eigenvalue weighted by Gasteiger charge is 2.30. The molecule has 0 spiro atoms. The zero-order valence-electron chi connectivity index (χ0n) is 13.2. The van der Waals surface area contributed by atoms with E-state index in [1.165, 1.54) is 0 Å². The van der Waals surface area contributed by atoms with Crippen LogP contribution < -0.4 is 5.73 Å². The number of aliphatic hydroxyl groups is 1. The summed E-state index contributed by atoms with van der Waals surface area (Å²) in [6, 6.07) is 13.7. The summed E-state index contributed by atoms with van der Waals surface area (Å²) in [5, 5.41) is 21.2. The first kappa shape index (κ1) is 15.6. The summed E-state index contributed by atoms with van der Waals surface area (Å²) in [5.41, 5.74) is 6.35. The van der Waals surface area contributed by atoms with Crippen LogP contribution in [0.15, 0.2) is 52.7 Å². The summed E-state index contributed by atoms with van der Waals surface area (Å²) in [4.78, 5) is 0. The molecule has 23 heavy (non-hydrogen) atoms. The lowest BCUT2D eigenvalue weighted by atomic mass is 9.90. The molecule has 0 saturated carbocycles. The van der Waals surface area contributed by atoms with Crippen molar-refractivity contribution in [3.63, 3.8) is 0 Å². The predicted octanol–water partition coefficient (Wildman–Crippen LogP) is 2.57. The average molecular weight is 311 g/mol. The fourth-order valence-electron chi connectivity index (χ4n) is 2.72. The molecule has 1 atom stereocenters. The van der Waals surface area contributed by atoms with Gasteiger partial charge in [0.2, 0.25) is 0 Å². The van der Waals surface area contributed by atoms with Gasteiger partial charge in [-0.2, -0.15) is 5.10 Å². The molecule has 1 aliphatic heterocycles. The number of rotatable bonds is 3. The van der Waals surface area contributed by atoms with Crippen LogP contribution in [0.1, 0.15) is 25.3 Å². The van der Waals surface area contributed by atoms with E-state index in [9.17, 15) is 5.11 Å². The van der Waals surface area contributed by atoms with Gasteiger partial charge in [-0.1, -0.05) is 42.5 Å². The van der Waals surface area contributed by atoms with E-state index in [1.54, 1.807) is 6.92 Å². The second kappa shape index (κ2) is 6.48. The van der Waals surface area contributed by atoms with E-state index < -0.39 is 5.60 Å². The van der Waals surface area contributed by atoms with Crippen molar-refractivity contribution in [3.8, 4) is 0 Å². The Morgan fingerprint density at radius 2 is 1.83 bits per heavy atom. The summed E-state index contributed by atoms with van der Waals surface area (Å²) < 4.78 is 5.28. The van der Waals surface area contributed by atoms with Crippen LogP contribution in [-0.4, -0.2) is 29.9 Å². The first-order valence-corrected chi connectivity index (χ1v) is 7.77. The first-order chi connectivity index (χ1) is 11.1. The molecule has 1 heterocycles. The van der Waals surface area contributed by atoms with Crippen molar-refractivity contribution in [2.75, 3.05) is 13.2 Å². The second-order valence-corrected chi connectivity index (χ2v) is 5.86. The Morgan fingerprint density at radius 3 is 2.61 bits per heavy atom. The van der Waals surface area contributed by atoms with Crippen LogP contribution >= 0.6 is 0 Å². The number of nitrogens with two attached hydrogens (primary N) is 1. The van der Waals surface area contributed by atoms with Gasteiger partial charge in [-0.3, -0.25) is 0 Å². The summed E-state index contributed by atoms with van der Waals surface area (Å²) >= 11 is 0. The standard InChI is InChI=1S/C18H21N3O2/c1-18(22,17(19)21-20-14-9-11-23-12-10-14)16-8-4-6-13-5-2-3-7-15(13)16/h2-8,22H,9-12H2,1H3,(H2,19,21). The molecule has 0 aliphatic carbocycles.